The molecule has 0 radical (unpaired) electrons. The summed E-state index contributed by atoms with van der Waals surface area (Å²) < 4.78 is 4.83. The van der Waals surface area contributed by atoms with E-state index in [0.717, 1.165) is 31.6 Å². The van der Waals surface area contributed by atoms with E-state index in [1.54, 1.807) is 6.07 Å². The van der Waals surface area contributed by atoms with Crippen LogP contribution < -0.4 is 5.32 Å². The molecule has 1 aromatic rings. The number of carbonyl (C=O) groups excluding carboxylic acids is 1. The Morgan fingerprint density at radius 1 is 1.54 bits per heavy atom. The highest BCUT2D eigenvalue weighted by Crippen LogP contribution is 2.23. The van der Waals surface area contributed by atoms with Crippen molar-refractivity contribution in [3.63, 3.8) is 0 Å². The maximum Gasteiger partial charge on any atom is 0.199 e. The van der Waals surface area contributed by atoms with Crippen LogP contribution in [0.25, 0.3) is 0 Å². The molecule has 0 atom stereocenters. The van der Waals surface area contributed by atoms with Crippen LogP contribution in [0, 0.1) is 0 Å². The minimum atomic E-state index is 0.327. The van der Waals surface area contributed by atoms with Crippen LogP contribution >= 0.6 is 0 Å². The van der Waals surface area contributed by atoms with Gasteiger partial charge in [0.05, 0.1) is 5.69 Å². The van der Waals surface area contributed by atoms with Crippen LogP contribution in [0.1, 0.15) is 35.0 Å². The van der Waals surface area contributed by atoms with Gasteiger partial charge < -0.3 is 9.84 Å². The maximum atomic E-state index is 10.4. The first-order valence-corrected chi connectivity index (χ1v) is 4.52. The van der Waals surface area contributed by atoms with Crippen molar-refractivity contribution in [2.45, 2.75) is 18.8 Å². The van der Waals surface area contributed by atoms with Crippen LogP contribution in [0.2, 0.25) is 0 Å². The largest absolute Gasteiger partial charge is 0.353 e. The molecule has 1 fully saturated rings. The van der Waals surface area contributed by atoms with Crippen molar-refractivity contribution in [1.82, 2.24) is 10.5 Å². The van der Waals surface area contributed by atoms with Gasteiger partial charge in [-0.3, -0.25) is 4.79 Å². The van der Waals surface area contributed by atoms with Gasteiger partial charge in [0.15, 0.2) is 12.0 Å². The van der Waals surface area contributed by atoms with Crippen molar-refractivity contribution in [3.8, 4) is 0 Å². The number of aromatic nitrogens is 1. The molecule has 0 bridgehead atoms. The van der Waals surface area contributed by atoms with Crippen molar-refractivity contribution >= 4 is 6.29 Å². The highest BCUT2D eigenvalue weighted by Gasteiger charge is 2.18. The number of nitrogens with one attached hydrogen (secondary N) is 1. The normalized spacial score (nSPS) is 18.8. The van der Waals surface area contributed by atoms with Crippen LogP contribution in [0.3, 0.4) is 0 Å². The van der Waals surface area contributed by atoms with Gasteiger partial charge in [0.25, 0.3) is 0 Å². The SMILES string of the molecule is O=Cc1cc(C2CCNCC2)no1. The Morgan fingerprint density at radius 2 is 2.31 bits per heavy atom. The molecule has 0 spiro atoms. The van der Waals surface area contributed by atoms with E-state index in [-0.39, 0.29) is 0 Å². The fourth-order valence-corrected chi connectivity index (χ4v) is 1.67. The van der Waals surface area contributed by atoms with Gasteiger partial charge in [0, 0.05) is 12.0 Å². The molecule has 0 aliphatic carbocycles. The average Bonchev–Trinajstić information content (AvgIpc) is 2.67. The number of piperidine rings is 1. The molecular weight excluding hydrogens is 168 g/mol. The summed E-state index contributed by atoms with van der Waals surface area (Å²) in [7, 11) is 0. The molecule has 0 unspecified atom stereocenters. The summed E-state index contributed by atoms with van der Waals surface area (Å²) in [6.45, 7) is 2.04. The van der Waals surface area contributed by atoms with Gasteiger partial charge >= 0.3 is 0 Å². The van der Waals surface area contributed by atoms with E-state index in [9.17, 15) is 4.79 Å². The molecule has 1 aromatic heterocycles. The van der Waals surface area contributed by atoms with Crippen molar-refractivity contribution in [3.05, 3.63) is 17.5 Å². The Hall–Kier alpha value is -1.16. The van der Waals surface area contributed by atoms with Gasteiger partial charge in [-0.15, -0.1) is 0 Å². The lowest BCUT2D eigenvalue weighted by Gasteiger charge is -2.19. The standard InChI is InChI=1S/C9H12N2O2/c12-6-8-5-9(11-13-8)7-1-3-10-4-2-7/h5-7,10H,1-4H2. The molecule has 2 heterocycles. The summed E-state index contributed by atoms with van der Waals surface area (Å²) in [5.41, 5.74) is 0.920. The fourth-order valence-electron chi connectivity index (χ4n) is 1.67. The summed E-state index contributed by atoms with van der Waals surface area (Å²) in [5.74, 6) is 0.784. The zero-order valence-electron chi connectivity index (χ0n) is 7.32. The van der Waals surface area contributed by atoms with Crippen LogP contribution in [-0.2, 0) is 0 Å². The number of carbonyl (C=O) groups is 1. The van der Waals surface area contributed by atoms with Crippen LogP contribution in [0.15, 0.2) is 10.6 Å². The molecule has 4 nitrogen and oxygen atoms in total. The number of aldehydes is 1. The quantitative estimate of drug-likeness (QED) is 0.688. The lowest BCUT2D eigenvalue weighted by atomic mass is 9.95. The van der Waals surface area contributed by atoms with Gasteiger partial charge in [-0.2, -0.15) is 0 Å². The monoisotopic (exact) mass is 180 g/mol. The van der Waals surface area contributed by atoms with Gasteiger partial charge in [-0.25, -0.2) is 0 Å². The lowest BCUT2D eigenvalue weighted by Crippen LogP contribution is -2.26. The number of nitrogens with zero attached hydrogens (tertiary/aromatic N) is 1. The molecule has 13 heavy (non-hydrogen) atoms. The van der Waals surface area contributed by atoms with Crippen molar-refractivity contribution in [2.24, 2.45) is 0 Å². The third-order valence-electron chi connectivity index (χ3n) is 2.42. The predicted molar refractivity (Wildman–Crippen MR) is 46.7 cm³/mol. The third-order valence-corrected chi connectivity index (χ3v) is 2.42. The van der Waals surface area contributed by atoms with Gasteiger partial charge in [-0.05, 0) is 25.9 Å². The first-order chi connectivity index (χ1) is 6.40. The predicted octanol–water partition coefficient (Wildman–Crippen LogP) is 0.954. The Bertz CT molecular complexity index is 290. The van der Waals surface area contributed by atoms with E-state index >= 15 is 0 Å². The molecule has 1 aliphatic rings. The van der Waals surface area contributed by atoms with E-state index in [0.29, 0.717) is 18.0 Å². The fraction of sp³-hybridized carbons (Fsp3) is 0.556. The number of rotatable bonds is 2. The molecule has 70 valence electrons. The summed E-state index contributed by atoms with van der Waals surface area (Å²) >= 11 is 0. The molecule has 0 amide bonds. The topological polar surface area (TPSA) is 55.1 Å². The van der Waals surface area contributed by atoms with E-state index < -0.39 is 0 Å². The smallest absolute Gasteiger partial charge is 0.199 e. The van der Waals surface area contributed by atoms with Crippen LogP contribution in [0.5, 0.6) is 0 Å². The molecule has 1 saturated heterocycles. The van der Waals surface area contributed by atoms with Crippen LogP contribution in [-0.4, -0.2) is 24.5 Å². The highest BCUT2D eigenvalue weighted by molar-refractivity contribution is 5.70. The number of hydrogen-bond acceptors (Lipinski definition) is 4. The van der Waals surface area contributed by atoms with E-state index in [4.69, 9.17) is 4.52 Å². The Kier molecular flexibility index (Phi) is 2.40. The second-order valence-corrected chi connectivity index (χ2v) is 3.30. The summed E-state index contributed by atoms with van der Waals surface area (Å²) in [6.07, 6.45) is 2.84. The molecule has 0 aromatic carbocycles. The summed E-state index contributed by atoms with van der Waals surface area (Å²) in [4.78, 5) is 10.4. The second kappa shape index (κ2) is 3.70. The van der Waals surface area contributed by atoms with Gasteiger partial charge in [-0.1, -0.05) is 5.16 Å². The minimum absolute atomic E-state index is 0.327. The minimum Gasteiger partial charge on any atom is -0.353 e. The highest BCUT2D eigenvalue weighted by atomic mass is 16.5. The summed E-state index contributed by atoms with van der Waals surface area (Å²) in [5, 5.41) is 7.15. The molecule has 4 heteroatoms. The first-order valence-electron chi connectivity index (χ1n) is 4.52. The van der Waals surface area contributed by atoms with E-state index in [1.165, 1.54) is 0 Å². The molecule has 2 rings (SSSR count). The molecule has 0 saturated carbocycles. The van der Waals surface area contributed by atoms with Gasteiger partial charge in [0.2, 0.25) is 0 Å². The average molecular weight is 180 g/mol. The third kappa shape index (κ3) is 1.78. The Morgan fingerprint density at radius 3 is 2.92 bits per heavy atom. The van der Waals surface area contributed by atoms with Crippen molar-refractivity contribution < 1.29 is 9.32 Å². The Balaban J connectivity index is 2.09. The summed E-state index contributed by atoms with van der Waals surface area (Å²) in [6, 6.07) is 1.74. The second-order valence-electron chi connectivity index (χ2n) is 3.30. The van der Waals surface area contributed by atoms with Crippen LogP contribution in [0.4, 0.5) is 0 Å². The number of hydrogen-bond donors (Lipinski definition) is 1. The van der Waals surface area contributed by atoms with E-state index in [2.05, 4.69) is 10.5 Å². The van der Waals surface area contributed by atoms with Crippen molar-refractivity contribution in [1.29, 1.82) is 0 Å². The molecule has 1 N–H and O–H groups in total. The van der Waals surface area contributed by atoms with E-state index in [1.807, 2.05) is 0 Å². The molecular formula is C9H12N2O2. The zero-order chi connectivity index (χ0) is 9.10. The first kappa shape index (κ1) is 8.44. The zero-order valence-corrected chi connectivity index (χ0v) is 7.32. The lowest BCUT2D eigenvalue weighted by molar-refractivity contribution is 0.109. The van der Waals surface area contributed by atoms with Crippen molar-refractivity contribution in [2.75, 3.05) is 13.1 Å². The van der Waals surface area contributed by atoms with Gasteiger partial charge in [0.1, 0.15) is 0 Å². The Labute approximate surface area is 76.3 Å². The molecule has 1 aliphatic heterocycles. The maximum absolute atomic E-state index is 10.4.